The maximum Gasteiger partial charge on any atom is 0.271 e. The van der Waals surface area contributed by atoms with Crippen molar-refractivity contribution in [1.82, 2.24) is 0 Å². The highest BCUT2D eigenvalue weighted by Gasteiger charge is 2.13. The average Bonchev–Trinajstić information content (AvgIpc) is 3.15. The Bertz CT molecular complexity index is 905. The number of aldehydes is 1. The standard InChI is InChI=1S/C20H17NO4S/c22-14-18-8-9-20(25-18)16-11-17(21(23)24)13-19(12-16)26-10-4-7-15-5-2-1-3-6-15/h1-3,5-6,8-9,11-14H,4,7,10H2. The van der Waals surface area contributed by atoms with Gasteiger partial charge in [0, 0.05) is 22.6 Å². The normalized spacial score (nSPS) is 10.6. The SMILES string of the molecule is O=Cc1ccc(-c2cc(SCCCc3ccccc3)cc([N+](=O)[O-])c2)o1. The molecule has 2 aromatic carbocycles. The van der Waals surface area contributed by atoms with E-state index in [1.807, 2.05) is 24.3 Å². The number of nitrogens with zero attached hydrogens (tertiary/aromatic N) is 1. The van der Waals surface area contributed by atoms with Crippen molar-refractivity contribution in [2.75, 3.05) is 5.75 Å². The summed E-state index contributed by atoms with van der Waals surface area (Å²) >= 11 is 1.58. The third-order valence-corrected chi connectivity index (χ3v) is 4.91. The molecule has 3 aromatic rings. The highest BCUT2D eigenvalue weighted by atomic mass is 32.2. The summed E-state index contributed by atoms with van der Waals surface area (Å²) in [4.78, 5) is 22.4. The van der Waals surface area contributed by atoms with Crippen molar-refractivity contribution in [3.8, 4) is 11.3 Å². The van der Waals surface area contributed by atoms with Crippen LogP contribution >= 0.6 is 11.8 Å². The number of rotatable bonds is 8. The van der Waals surface area contributed by atoms with Crippen LogP contribution in [0.3, 0.4) is 0 Å². The quantitative estimate of drug-likeness (QED) is 0.175. The number of hydrogen-bond donors (Lipinski definition) is 0. The van der Waals surface area contributed by atoms with Crippen LogP contribution < -0.4 is 0 Å². The zero-order valence-corrected chi connectivity index (χ0v) is 14.8. The maximum absolute atomic E-state index is 11.2. The van der Waals surface area contributed by atoms with Crippen molar-refractivity contribution in [1.29, 1.82) is 0 Å². The van der Waals surface area contributed by atoms with Crippen molar-refractivity contribution in [2.45, 2.75) is 17.7 Å². The van der Waals surface area contributed by atoms with Crippen LogP contribution in [0, 0.1) is 10.1 Å². The molecule has 5 nitrogen and oxygen atoms in total. The van der Waals surface area contributed by atoms with Crippen molar-refractivity contribution in [2.24, 2.45) is 0 Å². The summed E-state index contributed by atoms with van der Waals surface area (Å²) in [6.45, 7) is 0. The Morgan fingerprint density at radius 1 is 1.08 bits per heavy atom. The predicted octanol–water partition coefficient (Wildman–Crippen LogP) is 5.39. The molecule has 0 aliphatic carbocycles. The van der Waals surface area contributed by atoms with E-state index in [4.69, 9.17) is 4.42 Å². The van der Waals surface area contributed by atoms with E-state index in [1.54, 1.807) is 30.0 Å². The number of hydrogen-bond acceptors (Lipinski definition) is 5. The van der Waals surface area contributed by atoms with E-state index >= 15 is 0 Å². The molecule has 0 aliphatic rings. The van der Waals surface area contributed by atoms with E-state index in [0.717, 1.165) is 23.5 Å². The Morgan fingerprint density at radius 3 is 2.58 bits per heavy atom. The predicted molar refractivity (Wildman–Crippen MR) is 102 cm³/mol. The van der Waals surface area contributed by atoms with Crippen molar-refractivity contribution < 1.29 is 14.1 Å². The molecule has 0 N–H and O–H groups in total. The third-order valence-electron chi connectivity index (χ3n) is 3.85. The van der Waals surface area contributed by atoms with Gasteiger partial charge in [0.1, 0.15) is 5.76 Å². The zero-order chi connectivity index (χ0) is 18.4. The summed E-state index contributed by atoms with van der Waals surface area (Å²) in [6.07, 6.45) is 2.55. The molecule has 1 heterocycles. The summed E-state index contributed by atoms with van der Waals surface area (Å²) in [5.74, 6) is 1.50. The topological polar surface area (TPSA) is 73.3 Å². The number of nitro groups is 1. The van der Waals surface area contributed by atoms with Gasteiger partial charge in [0.2, 0.25) is 0 Å². The number of thioether (sulfide) groups is 1. The molecular formula is C20H17NO4S. The fourth-order valence-electron chi connectivity index (χ4n) is 2.60. The second-order valence-electron chi connectivity index (χ2n) is 5.73. The summed E-state index contributed by atoms with van der Waals surface area (Å²) < 4.78 is 5.39. The number of non-ortho nitro benzene ring substituents is 1. The van der Waals surface area contributed by atoms with Crippen LogP contribution in [0.2, 0.25) is 0 Å². The first kappa shape index (κ1) is 17.9. The summed E-state index contributed by atoms with van der Waals surface area (Å²) in [6, 6.07) is 18.3. The van der Waals surface area contributed by atoms with Crippen molar-refractivity contribution >= 4 is 23.7 Å². The van der Waals surface area contributed by atoms with Gasteiger partial charge in [0.05, 0.1) is 4.92 Å². The largest absolute Gasteiger partial charge is 0.453 e. The van der Waals surface area contributed by atoms with Gasteiger partial charge in [-0.1, -0.05) is 30.3 Å². The van der Waals surface area contributed by atoms with Crippen LogP contribution in [0.1, 0.15) is 22.5 Å². The number of nitro benzene ring substituents is 1. The molecule has 0 saturated heterocycles. The minimum atomic E-state index is -0.416. The molecule has 0 spiro atoms. The lowest BCUT2D eigenvalue weighted by molar-refractivity contribution is -0.385. The molecule has 0 saturated carbocycles. The molecule has 0 amide bonds. The molecule has 3 rings (SSSR count). The van der Waals surface area contributed by atoms with Gasteiger partial charge in [-0.25, -0.2) is 0 Å². The first-order valence-electron chi connectivity index (χ1n) is 8.17. The van der Waals surface area contributed by atoms with Crippen LogP contribution in [0.4, 0.5) is 5.69 Å². The van der Waals surface area contributed by atoms with Crippen LogP contribution in [-0.2, 0) is 6.42 Å². The molecule has 0 atom stereocenters. The van der Waals surface area contributed by atoms with Crippen LogP contribution in [0.15, 0.2) is 70.0 Å². The molecule has 132 valence electrons. The van der Waals surface area contributed by atoms with Crippen LogP contribution in [0.5, 0.6) is 0 Å². The fourth-order valence-corrected chi connectivity index (χ4v) is 3.54. The van der Waals surface area contributed by atoms with E-state index in [2.05, 4.69) is 12.1 Å². The van der Waals surface area contributed by atoms with E-state index < -0.39 is 4.92 Å². The number of aryl methyl sites for hydroxylation is 1. The lowest BCUT2D eigenvalue weighted by Crippen LogP contribution is -1.91. The second-order valence-corrected chi connectivity index (χ2v) is 6.90. The minimum absolute atomic E-state index is 0.0112. The summed E-state index contributed by atoms with van der Waals surface area (Å²) in [7, 11) is 0. The summed E-state index contributed by atoms with van der Waals surface area (Å²) in [5, 5.41) is 11.2. The van der Waals surface area contributed by atoms with Crippen LogP contribution in [-0.4, -0.2) is 17.0 Å². The smallest absolute Gasteiger partial charge is 0.271 e. The molecule has 1 aromatic heterocycles. The first-order chi connectivity index (χ1) is 12.7. The molecule has 0 radical (unpaired) electrons. The van der Waals surface area contributed by atoms with Crippen molar-refractivity contribution in [3.05, 3.63) is 82.1 Å². The monoisotopic (exact) mass is 367 g/mol. The van der Waals surface area contributed by atoms with E-state index in [1.165, 1.54) is 11.6 Å². The van der Waals surface area contributed by atoms with Gasteiger partial charge in [-0.15, -0.1) is 11.8 Å². The molecule has 0 fully saturated rings. The van der Waals surface area contributed by atoms with E-state index in [9.17, 15) is 14.9 Å². The lowest BCUT2D eigenvalue weighted by atomic mass is 10.1. The third kappa shape index (κ3) is 4.61. The molecular weight excluding hydrogens is 350 g/mol. The van der Waals surface area contributed by atoms with E-state index in [-0.39, 0.29) is 11.4 Å². The Hall–Kier alpha value is -2.86. The number of carbonyl (C=O) groups excluding carboxylic acids is 1. The maximum atomic E-state index is 11.2. The molecule has 0 bridgehead atoms. The Labute approximate surface area is 155 Å². The Kier molecular flexibility index (Phi) is 5.86. The number of benzene rings is 2. The lowest BCUT2D eigenvalue weighted by Gasteiger charge is -2.05. The van der Waals surface area contributed by atoms with Gasteiger partial charge >= 0.3 is 0 Å². The number of furan rings is 1. The number of carbonyl (C=O) groups is 1. The highest BCUT2D eigenvalue weighted by Crippen LogP contribution is 2.32. The minimum Gasteiger partial charge on any atom is -0.453 e. The van der Waals surface area contributed by atoms with E-state index in [0.29, 0.717) is 17.6 Å². The average molecular weight is 367 g/mol. The van der Waals surface area contributed by atoms with Crippen molar-refractivity contribution in [3.63, 3.8) is 0 Å². The van der Waals surface area contributed by atoms with Gasteiger partial charge in [-0.05, 0) is 42.4 Å². The second kappa shape index (κ2) is 8.49. The fraction of sp³-hybridized carbons (Fsp3) is 0.150. The van der Waals surface area contributed by atoms with Gasteiger partial charge in [-0.2, -0.15) is 0 Å². The first-order valence-corrected chi connectivity index (χ1v) is 9.16. The van der Waals surface area contributed by atoms with Crippen LogP contribution in [0.25, 0.3) is 11.3 Å². The molecule has 26 heavy (non-hydrogen) atoms. The van der Waals surface area contributed by atoms with Gasteiger partial charge in [0.15, 0.2) is 12.0 Å². The Balaban J connectivity index is 1.71. The Morgan fingerprint density at radius 2 is 1.88 bits per heavy atom. The van der Waals surface area contributed by atoms with Gasteiger partial charge in [0.25, 0.3) is 5.69 Å². The van der Waals surface area contributed by atoms with Gasteiger partial charge < -0.3 is 4.42 Å². The molecule has 6 heteroatoms. The molecule has 0 aliphatic heterocycles. The highest BCUT2D eigenvalue weighted by molar-refractivity contribution is 7.99. The van der Waals surface area contributed by atoms with Gasteiger partial charge in [-0.3, -0.25) is 14.9 Å². The summed E-state index contributed by atoms with van der Waals surface area (Å²) in [5.41, 5.74) is 1.89. The molecule has 0 unspecified atom stereocenters. The zero-order valence-electron chi connectivity index (χ0n) is 14.0.